The molecular weight excluding hydrogens is 266 g/mol. The zero-order chi connectivity index (χ0) is 14.7. The number of hydrogen-bond acceptors (Lipinski definition) is 6. The number of nitrogens with one attached hydrogen (secondary N) is 1. The van der Waals surface area contributed by atoms with Gasteiger partial charge in [0.1, 0.15) is 6.33 Å². The Balaban J connectivity index is 1.95. The molecule has 7 heteroatoms. The van der Waals surface area contributed by atoms with Crippen molar-refractivity contribution in [2.45, 2.75) is 39.2 Å². The summed E-state index contributed by atoms with van der Waals surface area (Å²) in [6.07, 6.45) is 8.74. The lowest BCUT2D eigenvalue weighted by molar-refractivity contribution is 0.766. The van der Waals surface area contributed by atoms with Crippen molar-refractivity contribution in [2.24, 2.45) is 0 Å². The monoisotopic (exact) mass is 287 g/mol. The second-order valence-electron chi connectivity index (χ2n) is 5.17. The Bertz CT molecular complexity index is 577. The third-order valence-corrected chi connectivity index (χ3v) is 3.47. The molecule has 2 aromatic rings. The van der Waals surface area contributed by atoms with Gasteiger partial charge in [0.2, 0.25) is 17.8 Å². The van der Waals surface area contributed by atoms with E-state index in [0.29, 0.717) is 17.9 Å². The fourth-order valence-electron chi connectivity index (χ4n) is 2.24. The second kappa shape index (κ2) is 6.07. The SMILES string of the molecule is CCCNc1nc(N(CC)C2CC2)nc(-n2ccnc2)n1. The fourth-order valence-corrected chi connectivity index (χ4v) is 2.24. The standard InChI is InChI=1S/C14H21N7/c1-3-7-16-12-17-13(20-9-8-15-10-20)19-14(18-12)21(4-2)11-5-6-11/h8-11H,3-7H2,1-2H3,(H,16,17,18,19). The summed E-state index contributed by atoms with van der Waals surface area (Å²) in [5.74, 6) is 1.98. The van der Waals surface area contributed by atoms with Crippen LogP contribution in [0.25, 0.3) is 5.95 Å². The van der Waals surface area contributed by atoms with E-state index < -0.39 is 0 Å². The number of hydrogen-bond donors (Lipinski definition) is 1. The third-order valence-electron chi connectivity index (χ3n) is 3.47. The zero-order valence-corrected chi connectivity index (χ0v) is 12.5. The average molecular weight is 287 g/mol. The summed E-state index contributed by atoms with van der Waals surface area (Å²) < 4.78 is 1.81. The van der Waals surface area contributed by atoms with Crippen LogP contribution in [0.2, 0.25) is 0 Å². The largest absolute Gasteiger partial charge is 0.354 e. The molecular formula is C14H21N7. The zero-order valence-electron chi connectivity index (χ0n) is 12.5. The van der Waals surface area contributed by atoms with E-state index in [2.05, 4.69) is 44.0 Å². The van der Waals surface area contributed by atoms with Crippen molar-refractivity contribution in [3.05, 3.63) is 18.7 Å². The van der Waals surface area contributed by atoms with E-state index in [4.69, 9.17) is 0 Å². The second-order valence-corrected chi connectivity index (χ2v) is 5.17. The van der Waals surface area contributed by atoms with Gasteiger partial charge in [0.15, 0.2) is 0 Å². The van der Waals surface area contributed by atoms with Gasteiger partial charge in [0.05, 0.1) is 0 Å². The normalized spacial score (nSPS) is 14.2. The molecule has 3 rings (SSSR count). The lowest BCUT2D eigenvalue weighted by Crippen LogP contribution is -2.28. The van der Waals surface area contributed by atoms with Crippen molar-refractivity contribution >= 4 is 11.9 Å². The van der Waals surface area contributed by atoms with Crippen LogP contribution in [0.15, 0.2) is 18.7 Å². The molecule has 2 aromatic heterocycles. The predicted molar refractivity (Wildman–Crippen MR) is 81.8 cm³/mol. The minimum atomic E-state index is 0.576. The van der Waals surface area contributed by atoms with E-state index in [1.807, 2.05) is 10.8 Å². The van der Waals surface area contributed by atoms with Crippen molar-refractivity contribution in [1.82, 2.24) is 24.5 Å². The molecule has 0 saturated heterocycles. The van der Waals surface area contributed by atoms with Gasteiger partial charge in [0, 0.05) is 31.5 Å². The van der Waals surface area contributed by atoms with Gasteiger partial charge in [0.25, 0.3) is 0 Å². The minimum absolute atomic E-state index is 0.576. The Morgan fingerprint density at radius 3 is 2.76 bits per heavy atom. The minimum Gasteiger partial charge on any atom is -0.354 e. The molecule has 1 fully saturated rings. The van der Waals surface area contributed by atoms with Crippen LogP contribution in [0, 0.1) is 0 Å². The first-order chi connectivity index (χ1) is 10.3. The van der Waals surface area contributed by atoms with Crippen molar-refractivity contribution in [2.75, 3.05) is 23.3 Å². The molecule has 0 atom stereocenters. The maximum atomic E-state index is 4.60. The van der Waals surface area contributed by atoms with E-state index in [1.54, 1.807) is 12.5 Å². The van der Waals surface area contributed by atoms with E-state index in [1.165, 1.54) is 12.8 Å². The smallest absolute Gasteiger partial charge is 0.241 e. The van der Waals surface area contributed by atoms with E-state index in [-0.39, 0.29) is 0 Å². The number of aromatic nitrogens is 5. The Morgan fingerprint density at radius 2 is 2.14 bits per heavy atom. The molecule has 0 amide bonds. The highest BCUT2D eigenvalue weighted by molar-refractivity contribution is 5.42. The molecule has 0 radical (unpaired) electrons. The fraction of sp³-hybridized carbons (Fsp3) is 0.571. The third kappa shape index (κ3) is 3.12. The molecule has 0 aliphatic heterocycles. The molecule has 1 saturated carbocycles. The lowest BCUT2D eigenvalue weighted by Gasteiger charge is -2.21. The van der Waals surface area contributed by atoms with Crippen LogP contribution in [-0.2, 0) is 0 Å². The molecule has 112 valence electrons. The van der Waals surface area contributed by atoms with Crippen LogP contribution >= 0.6 is 0 Å². The van der Waals surface area contributed by atoms with Crippen LogP contribution < -0.4 is 10.2 Å². The van der Waals surface area contributed by atoms with Crippen molar-refractivity contribution in [3.8, 4) is 5.95 Å². The van der Waals surface area contributed by atoms with E-state index >= 15 is 0 Å². The molecule has 1 N–H and O–H groups in total. The summed E-state index contributed by atoms with van der Waals surface area (Å²) in [6, 6.07) is 0.576. The highest BCUT2D eigenvalue weighted by Crippen LogP contribution is 2.29. The summed E-state index contributed by atoms with van der Waals surface area (Å²) in [6.45, 7) is 6.01. The van der Waals surface area contributed by atoms with E-state index in [9.17, 15) is 0 Å². The van der Waals surface area contributed by atoms with E-state index in [0.717, 1.165) is 25.5 Å². The molecule has 0 bridgehead atoms. The van der Waals surface area contributed by atoms with Gasteiger partial charge in [-0.15, -0.1) is 0 Å². The first kappa shape index (κ1) is 13.8. The molecule has 7 nitrogen and oxygen atoms in total. The van der Waals surface area contributed by atoms with Gasteiger partial charge in [-0.05, 0) is 26.2 Å². The highest BCUT2D eigenvalue weighted by Gasteiger charge is 2.30. The quantitative estimate of drug-likeness (QED) is 0.838. The Hall–Kier alpha value is -2.18. The van der Waals surface area contributed by atoms with Gasteiger partial charge >= 0.3 is 0 Å². The number of anilines is 2. The number of rotatable bonds is 7. The molecule has 2 heterocycles. The summed E-state index contributed by atoms with van der Waals surface area (Å²) >= 11 is 0. The number of nitrogens with zero attached hydrogens (tertiary/aromatic N) is 6. The van der Waals surface area contributed by atoms with Crippen LogP contribution in [-0.4, -0.2) is 43.6 Å². The highest BCUT2D eigenvalue weighted by atomic mass is 15.4. The molecule has 0 unspecified atom stereocenters. The molecule has 1 aliphatic carbocycles. The Kier molecular flexibility index (Phi) is 3.98. The summed E-state index contributed by atoms with van der Waals surface area (Å²) in [5, 5.41) is 3.25. The van der Waals surface area contributed by atoms with Gasteiger partial charge in [-0.25, -0.2) is 4.98 Å². The Morgan fingerprint density at radius 1 is 1.29 bits per heavy atom. The first-order valence-electron chi connectivity index (χ1n) is 7.56. The van der Waals surface area contributed by atoms with Crippen LogP contribution in [0.4, 0.5) is 11.9 Å². The van der Waals surface area contributed by atoms with Gasteiger partial charge in [-0.2, -0.15) is 15.0 Å². The van der Waals surface area contributed by atoms with Gasteiger partial charge in [-0.3, -0.25) is 4.57 Å². The first-order valence-corrected chi connectivity index (χ1v) is 7.56. The Labute approximate surface area is 124 Å². The molecule has 1 aliphatic rings. The topological polar surface area (TPSA) is 71.8 Å². The van der Waals surface area contributed by atoms with Crippen LogP contribution in [0.3, 0.4) is 0 Å². The predicted octanol–water partition coefficient (Wildman–Crippen LogP) is 1.87. The number of imidazole rings is 1. The summed E-state index contributed by atoms with van der Waals surface area (Å²) in [5.41, 5.74) is 0. The maximum absolute atomic E-state index is 4.60. The molecule has 21 heavy (non-hydrogen) atoms. The van der Waals surface area contributed by atoms with Crippen LogP contribution in [0.5, 0.6) is 0 Å². The van der Waals surface area contributed by atoms with Gasteiger partial charge < -0.3 is 10.2 Å². The molecule has 0 spiro atoms. The summed E-state index contributed by atoms with van der Waals surface area (Å²) in [4.78, 5) is 20.0. The van der Waals surface area contributed by atoms with Crippen molar-refractivity contribution < 1.29 is 0 Å². The van der Waals surface area contributed by atoms with Crippen molar-refractivity contribution in [3.63, 3.8) is 0 Å². The van der Waals surface area contributed by atoms with Gasteiger partial charge in [-0.1, -0.05) is 6.92 Å². The van der Waals surface area contributed by atoms with Crippen molar-refractivity contribution in [1.29, 1.82) is 0 Å². The van der Waals surface area contributed by atoms with Crippen LogP contribution in [0.1, 0.15) is 33.1 Å². The summed E-state index contributed by atoms with van der Waals surface area (Å²) in [7, 11) is 0. The average Bonchev–Trinajstić information content (AvgIpc) is 3.18. The maximum Gasteiger partial charge on any atom is 0.241 e. The molecule has 0 aromatic carbocycles. The lowest BCUT2D eigenvalue weighted by atomic mass is 10.5.